The highest BCUT2D eigenvalue weighted by molar-refractivity contribution is 5.98. The average molecular weight is 343 g/mol. The fourth-order valence-electron chi connectivity index (χ4n) is 1.94. The van der Waals surface area contributed by atoms with Crippen LogP contribution in [-0.2, 0) is 9.59 Å². The van der Waals surface area contributed by atoms with E-state index in [1.807, 2.05) is 0 Å². The topological polar surface area (TPSA) is 165 Å². The van der Waals surface area contributed by atoms with Gasteiger partial charge in [0.2, 0.25) is 17.8 Å². The molecule has 0 fully saturated rings. The van der Waals surface area contributed by atoms with Gasteiger partial charge in [-0.1, -0.05) is 6.07 Å². The van der Waals surface area contributed by atoms with Crippen molar-refractivity contribution in [3.05, 3.63) is 36.0 Å². The number of aromatic nitrogens is 2. The maximum absolute atomic E-state index is 11.4. The molecule has 2 rings (SSSR count). The molecule has 0 aliphatic heterocycles. The molecule has 10 heteroatoms. The van der Waals surface area contributed by atoms with Crippen molar-refractivity contribution in [3.63, 3.8) is 0 Å². The van der Waals surface area contributed by atoms with Crippen molar-refractivity contribution in [2.24, 2.45) is 11.5 Å². The first-order valence-corrected chi connectivity index (χ1v) is 7.19. The minimum Gasteiger partial charge on any atom is -0.368 e. The summed E-state index contributed by atoms with van der Waals surface area (Å²) >= 11 is 0. The molecule has 0 saturated carbocycles. The van der Waals surface area contributed by atoms with E-state index in [2.05, 4.69) is 25.9 Å². The monoisotopic (exact) mass is 343 g/mol. The zero-order chi connectivity index (χ0) is 18.4. The third kappa shape index (κ3) is 5.16. The van der Waals surface area contributed by atoms with Crippen LogP contribution in [0.1, 0.15) is 17.3 Å². The Morgan fingerprint density at radius 1 is 1.16 bits per heavy atom. The van der Waals surface area contributed by atoms with Gasteiger partial charge in [-0.3, -0.25) is 14.4 Å². The van der Waals surface area contributed by atoms with Crippen LogP contribution in [0.25, 0.3) is 0 Å². The zero-order valence-electron chi connectivity index (χ0n) is 13.4. The lowest BCUT2D eigenvalue weighted by molar-refractivity contribution is -0.116. The Morgan fingerprint density at radius 3 is 2.52 bits per heavy atom. The molecule has 0 unspecified atom stereocenters. The predicted molar refractivity (Wildman–Crippen MR) is 92.3 cm³/mol. The molecule has 0 atom stereocenters. The number of nitrogens with two attached hydrogens (primary N) is 2. The molecule has 0 saturated heterocycles. The average Bonchev–Trinajstić information content (AvgIpc) is 2.52. The number of anilines is 4. The number of carbonyl (C=O) groups excluding carboxylic acids is 3. The van der Waals surface area contributed by atoms with Gasteiger partial charge in [0.1, 0.15) is 5.82 Å². The second kappa shape index (κ2) is 7.73. The minimum absolute atomic E-state index is 0.0267. The molecule has 3 amide bonds. The molecule has 1 aromatic heterocycles. The molecule has 7 N–H and O–H groups in total. The highest BCUT2D eigenvalue weighted by Crippen LogP contribution is 2.20. The predicted octanol–water partition coefficient (Wildman–Crippen LogP) is 0.175. The number of nitrogens with zero attached hydrogens (tertiary/aromatic N) is 2. The van der Waals surface area contributed by atoms with E-state index in [1.165, 1.54) is 13.1 Å². The number of rotatable bonds is 7. The van der Waals surface area contributed by atoms with Gasteiger partial charge in [-0.25, -0.2) is 4.98 Å². The van der Waals surface area contributed by atoms with Crippen molar-refractivity contribution in [2.75, 3.05) is 22.5 Å². The SMILES string of the molecule is CC(=O)Nc1cccc(Nc2ncc(C(N)=O)c(NCC(N)=O)n2)c1. The Kier molecular flexibility index (Phi) is 5.46. The van der Waals surface area contributed by atoms with Crippen molar-refractivity contribution in [3.8, 4) is 0 Å². The summed E-state index contributed by atoms with van der Waals surface area (Å²) in [6.45, 7) is 1.19. The Morgan fingerprint density at radius 2 is 1.88 bits per heavy atom. The lowest BCUT2D eigenvalue weighted by Gasteiger charge is -2.11. The Balaban J connectivity index is 2.24. The van der Waals surface area contributed by atoms with E-state index in [0.717, 1.165) is 0 Å². The van der Waals surface area contributed by atoms with Gasteiger partial charge >= 0.3 is 0 Å². The van der Waals surface area contributed by atoms with Crippen molar-refractivity contribution in [1.29, 1.82) is 0 Å². The van der Waals surface area contributed by atoms with Gasteiger partial charge in [0.15, 0.2) is 0 Å². The third-order valence-corrected chi connectivity index (χ3v) is 2.92. The molecular formula is C15H17N7O3. The maximum Gasteiger partial charge on any atom is 0.254 e. The van der Waals surface area contributed by atoms with Crippen LogP contribution in [0.2, 0.25) is 0 Å². The van der Waals surface area contributed by atoms with Gasteiger partial charge in [0.05, 0.1) is 12.1 Å². The van der Waals surface area contributed by atoms with Gasteiger partial charge in [0.25, 0.3) is 5.91 Å². The Hall–Kier alpha value is -3.69. The summed E-state index contributed by atoms with van der Waals surface area (Å²) in [5.41, 5.74) is 11.6. The second-order valence-corrected chi connectivity index (χ2v) is 5.03. The summed E-state index contributed by atoms with van der Waals surface area (Å²) in [6, 6.07) is 6.89. The van der Waals surface area contributed by atoms with Gasteiger partial charge < -0.3 is 27.4 Å². The van der Waals surface area contributed by atoms with E-state index in [0.29, 0.717) is 11.4 Å². The number of carbonyl (C=O) groups is 3. The Labute approximate surface area is 143 Å². The normalized spacial score (nSPS) is 9.96. The minimum atomic E-state index is -0.744. The molecule has 10 nitrogen and oxygen atoms in total. The van der Waals surface area contributed by atoms with Crippen molar-refractivity contribution < 1.29 is 14.4 Å². The number of hydrogen-bond donors (Lipinski definition) is 5. The van der Waals surface area contributed by atoms with Crippen molar-refractivity contribution >= 4 is 40.9 Å². The van der Waals surface area contributed by atoms with Crippen molar-refractivity contribution in [2.45, 2.75) is 6.92 Å². The molecule has 0 radical (unpaired) electrons. The first-order valence-electron chi connectivity index (χ1n) is 7.19. The second-order valence-electron chi connectivity index (χ2n) is 5.03. The van der Waals surface area contributed by atoms with E-state index in [1.54, 1.807) is 24.3 Å². The summed E-state index contributed by atoms with van der Waals surface area (Å²) < 4.78 is 0. The molecule has 1 aromatic carbocycles. The van der Waals surface area contributed by atoms with E-state index in [9.17, 15) is 14.4 Å². The molecule has 0 aliphatic carbocycles. The summed E-state index contributed by atoms with van der Waals surface area (Å²) in [4.78, 5) is 41.6. The van der Waals surface area contributed by atoms with Crippen LogP contribution in [0.4, 0.5) is 23.1 Å². The summed E-state index contributed by atoms with van der Waals surface area (Å²) in [7, 11) is 0. The van der Waals surface area contributed by atoms with Crippen LogP contribution in [0.15, 0.2) is 30.5 Å². The molecule has 1 heterocycles. The van der Waals surface area contributed by atoms with E-state index < -0.39 is 11.8 Å². The fourth-order valence-corrected chi connectivity index (χ4v) is 1.94. The largest absolute Gasteiger partial charge is 0.368 e. The van der Waals surface area contributed by atoms with Crippen LogP contribution in [-0.4, -0.2) is 34.2 Å². The van der Waals surface area contributed by atoms with Gasteiger partial charge in [-0.2, -0.15) is 4.98 Å². The zero-order valence-corrected chi connectivity index (χ0v) is 13.4. The van der Waals surface area contributed by atoms with Crippen LogP contribution in [0.3, 0.4) is 0 Å². The molecule has 130 valence electrons. The first kappa shape index (κ1) is 17.7. The lowest BCUT2D eigenvalue weighted by Crippen LogP contribution is -2.24. The third-order valence-electron chi connectivity index (χ3n) is 2.92. The number of benzene rings is 1. The number of hydrogen-bond acceptors (Lipinski definition) is 7. The number of amides is 3. The molecule has 0 bridgehead atoms. The van der Waals surface area contributed by atoms with Gasteiger partial charge in [-0.15, -0.1) is 0 Å². The van der Waals surface area contributed by atoms with Crippen LogP contribution in [0.5, 0.6) is 0 Å². The molecule has 25 heavy (non-hydrogen) atoms. The Bertz CT molecular complexity index is 823. The van der Waals surface area contributed by atoms with E-state index >= 15 is 0 Å². The van der Waals surface area contributed by atoms with E-state index in [4.69, 9.17) is 11.5 Å². The van der Waals surface area contributed by atoms with E-state index in [-0.39, 0.29) is 29.8 Å². The van der Waals surface area contributed by atoms with Crippen LogP contribution in [0, 0.1) is 0 Å². The molecule has 0 spiro atoms. The first-order chi connectivity index (χ1) is 11.8. The highest BCUT2D eigenvalue weighted by Gasteiger charge is 2.13. The summed E-state index contributed by atoms with van der Waals surface area (Å²) in [5.74, 6) is -1.31. The molecular weight excluding hydrogens is 326 g/mol. The quantitative estimate of drug-likeness (QED) is 0.478. The van der Waals surface area contributed by atoms with Crippen LogP contribution < -0.4 is 27.4 Å². The van der Waals surface area contributed by atoms with Crippen LogP contribution >= 0.6 is 0 Å². The van der Waals surface area contributed by atoms with Gasteiger partial charge in [0, 0.05) is 24.5 Å². The molecule has 2 aromatic rings. The summed E-state index contributed by atoms with van der Waals surface area (Å²) in [6.07, 6.45) is 1.23. The maximum atomic E-state index is 11.4. The molecule has 0 aliphatic rings. The summed E-state index contributed by atoms with van der Waals surface area (Å²) in [5, 5.41) is 8.22. The smallest absolute Gasteiger partial charge is 0.254 e. The fraction of sp³-hybridized carbons (Fsp3) is 0.133. The van der Waals surface area contributed by atoms with Crippen molar-refractivity contribution in [1.82, 2.24) is 9.97 Å². The number of nitrogens with one attached hydrogen (secondary N) is 3. The number of primary amides is 2. The van der Waals surface area contributed by atoms with Gasteiger partial charge in [-0.05, 0) is 18.2 Å². The lowest BCUT2D eigenvalue weighted by atomic mass is 10.2. The standard InChI is InChI=1S/C15H17N7O3/c1-8(23)20-9-3-2-4-10(5-9)21-15-19-6-11(13(17)25)14(22-15)18-7-12(16)24/h2-6H,7H2,1H3,(H2,16,24)(H2,17,25)(H,20,23)(H2,18,19,21,22). The highest BCUT2D eigenvalue weighted by atomic mass is 16.2.